The van der Waals surface area contributed by atoms with Gasteiger partial charge in [0.1, 0.15) is 23.8 Å². The van der Waals surface area contributed by atoms with Gasteiger partial charge in [-0.2, -0.15) is 0 Å². The highest BCUT2D eigenvalue weighted by Gasteiger charge is 2.31. The number of aliphatic hydroxyl groups excluding tert-OH is 1. The highest BCUT2D eigenvalue weighted by atomic mass is 19.4. The van der Waals surface area contributed by atoms with Crippen LogP contribution in [0.3, 0.4) is 0 Å². The van der Waals surface area contributed by atoms with Crippen molar-refractivity contribution >= 4 is 11.8 Å². The number of aliphatic hydroxyl groups is 1. The van der Waals surface area contributed by atoms with Gasteiger partial charge in [-0.15, -0.1) is 18.3 Å². The van der Waals surface area contributed by atoms with Crippen LogP contribution in [0.2, 0.25) is 0 Å². The van der Waals surface area contributed by atoms with E-state index in [2.05, 4.69) is 25.7 Å². The molecule has 0 radical (unpaired) electrons. The van der Waals surface area contributed by atoms with Crippen molar-refractivity contribution < 1.29 is 37.3 Å². The quantitative estimate of drug-likeness (QED) is 0.395. The Hall–Kier alpha value is -4.13. The van der Waals surface area contributed by atoms with Gasteiger partial charge in [-0.1, -0.05) is 11.3 Å². The monoisotopic (exact) mass is 493 g/mol. The van der Waals surface area contributed by atoms with E-state index in [9.17, 15) is 22.8 Å². The fourth-order valence-corrected chi connectivity index (χ4v) is 3.00. The first-order valence-corrected chi connectivity index (χ1v) is 10.4. The van der Waals surface area contributed by atoms with E-state index in [1.807, 2.05) is 0 Å². The fourth-order valence-electron chi connectivity index (χ4n) is 3.00. The number of aromatic nitrogens is 3. The first-order valence-electron chi connectivity index (χ1n) is 10.4. The zero-order chi connectivity index (χ0) is 25.4. The molecule has 0 unspecified atom stereocenters. The molecule has 35 heavy (non-hydrogen) atoms. The molecular formula is C22H22F3N5O5. The molecule has 0 saturated heterocycles. The number of halogens is 3. The summed E-state index contributed by atoms with van der Waals surface area (Å²) < 4.78 is 48.4. The lowest BCUT2D eigenvalue weighted by Gasteiger charge is -2.12. The Morgan fingerprint density at radius 1 is 1.06 bits per heavy atom. The van der Waals surface area contributed by atoms with Crippen LogP contribution in [0, 0.1) is 0 Å². The van der Waals surface area contributed by atoms with Crippen LogP contribution in [0.4, 0.5) is 13.2 Å². The molecule has 1 heterocycles. The standard InChI is InChI=1S/C22H22F3N5O5/c1-2-26-20(32)14-6-8-15(9-7-14)30-18(19(28-29-30)21(33)27-10-11-31)13-34-16-4-3-5-17(12-16)35-22(23,24)25/h3-9,12,31H,2,10-11,13H2,1H3,(H,26,32)(H,27,33). The van der Waals surface area contributed by atoms with Crippen molar-refractivity contribution in [3.63, 3.8) is 0 Å². The third-order valence-electron chi connectivity index (χ3n) is 4.50. The smallest absolute Gasteiger partial charge is 0.487 e. The zero-order valence-electron chi connectivity index (χ0n) is 18.5. The number of hydrogen-bond acceptors (Lipinski definition) is 7. The second kappa shape index (κ2) is 11.3. The maximum absolute atomic E-state index is 12.5. The Morgan fingerprint density at radius 3 is 2.43 bits per heavy atom. The number of amides is 2. The number of rotatable bonds is 10. The predicted octanol–water partition coefficient (Wildman–Crippen LogP) is 2.22. The summed E-state index contributed by atoms with van der Waals surface area (Å²) in [7, 11) is 0. The third-order valence-corrected chi connectivity index (χ3v) is 4.50. The molecule has 10 nitrogen and oxygen atoms in total. The van der Waals surface area contributed by atoms with Gasteiger partial charge in [-0.3, -0.25) is 9.59 Å². The molecule has 0 aliphatic carbocycles. The second-order valence-corrected chi connectivity index (χ2v) is 6.99. The molecule has 3 rings (SSSR count). The van der Waals surface area contributed by atoms with E-state index in [0.717, 1.165) is 12.1 Å². The minimum Gasteiger partial charge on any atom is -0.487 e. The Kier molecular flexibility index (Phi) is 8.25. The second-order valence-electron chi connectivity index (χ2n) is 6.99. The van der Waals surface area contributed by atoms with Gasteiger partial charge in [-0.05, 0) is 43.3 Å². The van der Waals surface area contributed by atoms with E-state index in [0.29, 0.717) is 17.8 Å². The largest absolute Gasteiger partial charge is 0.573 e. The molecule has 0 atom stereocenters. The minimum atomic E-state index is -4.86. The SMILES string of the molecule is CCNC(=O)c1ccc(-n2nnc(C(=O)NCCO)c2COc2cccc(OC(F)(F)F)c2)cc1. The highest BCUT2D eigenvalue weighted by Crippen LogP contribution is 2.27. The normalized spacial score (nSPS) is 11.1. The number of hydrogen-bond donors (Lipinski definition) is 3. The molecule has 0 aliphatic heterocycles. The number of alkyl halides is 3. The van der Waals surface area contributed by atoms with E-state index in [1.54, 1.807) is 31.2 Å². The topological polar surface area (TPSA) is 128 Å². The fraction of sp³-hybridized carbons (Fsp3) is 0.273. The molecular weight excluding hydrogens is 471 g/mol. The van der Waals surface area contributed by atoms with Gasteiger partial charge in [0.15, 0.2) is 5.69 Å². The van der Waals surface area contributed by atoms with E-state index in [-0.39, 0.29) is 42.8 Å². The van der Waals surface area contributed by atoms with E-state index >= 15 is 0 Å². The summed E-state index contributed by atoms with van der Waals surface area (Å²) in [6.07, 6.45) is -4.86. The highest BCUT2D eigenvalue weighted by molar-refractivity contribution is 5.94. The lowest BCUT2D eigenvalue weighted by molar-refractivity contribution is -0.274. The van der Waals surface area contributed by atoms with Crippen LogP contribution in [0.25, 0.3) is 5.69 Å². The first-order chi connectivity index (χ1) is 16.7. The van der Waals surface area contributed by atoms with Crippen molar-refractivity contribution in [1.82, 2.24) is 25.6 Å². The van der Waals surface area contributed by atoms with Crippen LogP contribution in [0.15, 0.2) is 48.5 Å². The Morgan fingerprint density at radius 2 is 1.77 bits per heavy atom. The molecule has 13 heteroatoms. The molecule has 3 N–H and O–H groups in total. The summed E-state index contributed by atoms with van der Waals surface area (Å²) in [5, 5.41) is 22.0. The molecule has 3 aromatic rings. The van der Waals surface area contributed by atoms with Crippen LogP contribution in [0.1, 0.15) is 33.5 Å². The maximum atomic E-state index is 12.5. The molecule has 0 fully saturated rings. The molecule has 2 aromatic carbocycles. The van der Waals surface area contributed by atoms with Crippen LogP contribution >= 0.6 is 0 Å². The summed E-state index contributed by atoms with van der Waals surface area (Å²) in [4.78, 5) is 24.5. The average Bonchev–Trinajstić information content (AvgIpc) is 3.24. The number of carbonyl (C=O) groups excluding carboxylic acids is 2. The summed E-state index contributed by atoms with van der Waals surface area (Å²) in [5.41, 5.74) is 0.956. The number of ether oxygens (including phenoxy) is 2. The van der Waals surface area contributed by atoms with Gasteiger partial charge in [0, 0.05) is 24.7 Å². The van der Waals surface area contributed by atoms with Crippen molar-refractivity contribution in [2.45, 2.75) is 19.9 Å². The van der Waals surface area contributed by atoms with E-state index < -0.39 is 18.0 Å². The molecule has 0 aliphatic rings. The Balaban J connectivity index is 1.88. The molecule has 0 saturated carbocycles. The Labute approximate surface area is 197 Å². The van der Waals surface area contributed by atoms with E-state index in [1.165, 1.54) is 16.8 Å². The average molecular weight is 493 g/mol. The molecule has 1 aromatic heterocycles. The van der Waals surface area contributed by atoms with Gasteiger partial charge in [-0.25, -0.2) is 4.68 Å². The van der Waals surface area contributed by atoms with Crippen LogP contribution in [-0.4, -0.2) is 58.0 Å². The van der Waals surface area contributed by atoms with Crippen LogP contribution < -0.4 is 20.1 Å². The van der Waals surface area contributed by atoms with E-state index in [4.69, 9.17) is 9.84 Å². The predicted molar refractivity (Wildman–Crippen MR) is 116 cm³/mol. The van der Waals surface area contributed by atoms with Gasteiger partial charge in [0.25, 0.3) is 11.8 Å². The summed E-state index contributed by atoms with van der Waals surface area (Å²) >= 11 is 0. The number of nitrogens with zero attached hydrogens (tertiary/aromatic N) is 3. The van der Waals surface area contributed by atoms with Crippen molar-refractivity contribution in [3.05, 3.63) is 65.5 Å². The number of nitrogens with one attached hydrogen (secondary N) is 2. The van der Waals surface area contributed by atoms with Crippen molar-refractivity contribution in [1.29, 1.82) is 0 Å². The number of carbonyl (C=O) groups is 2. The van der Waals surface area contributed by atoms with Gasteiger partial charge in [0.2, 0.25) is 0 Å². The Bertz CT molecular complexity index is 1170. The molecule has 0 bridgehead atoms. The third kappa shape index (κ3) is 6.93. The van der Waals surface area contributed by atoms with Crippen molar-refractivity contribution in [2.24, 2.45) is 0 Å². The van der Waals surface area contributed by atoms with Gasteiger partial charge in [0.05, 0.1) is 12.3 Å². The van der Waals surface area contributed by atoms with Gasteiger partial charge >= 0.3 is 6.36 Å². The lowest BCUT2D eigenvalue weighted by atomic mass is 10.2. The van der Waals surface area contributed by atoms with Crippen molar-refractivity contribution in [3.8, 4) is 17.2 Å². The minimum absolute atomic E-state index is 0.0238. The molecule has 0 spiro atoms. The van der Waals surface area contributed by atoms with Crippen LogP contribution in [0.5, 0.6) is 11.5 Å². The van der Waals surface area contributed by atoms with Gasteiger partial charge < -0.3 is 25.2 Å². The van der Waals surface area contributed by atoms with Crippen LogP contribution in [-0.2, 0) is 6.61 Å². The molecule has 186 valence electrons. The molecule has 2 amide bonds. The summed E-state index contributed by atoms with van der Waals surface area (Å²) in [6, 6.07) is 11.2. The zero-order valence-corrected chi connectivity index (χ0v) is 18.5. The lowest BCUT2D eigenvalue weighted by Crippen LogP contribution is -2.28. The summed E-state index contributed by atoms with van der Waals surface area (Å²) in [6.45, 7) is 1.65. The number of benzene rings is 2. The maximum Gasteiger partial charge on any atom is 0.573 e. The first kappa shape index (κ1) is 25.5. The summed E-state index contributed by atoms with van der Waals surface area (Å²) in [5.74, 6) is -1.31. The van der Waals surface area contributed by atoms with Crippen molar-refractivity contribution in [2.75, 3.05) is 19.7 Å².